The highest BCUT2D eigenvalue weighted by Crippen LogP contribution is 2.38. The van der Waals surface area contributed by atoms with Crippen molar-refractivity contribution in [2.24, 2.45) is 7.05 Å². The van der Waals surface area contributed by atoms with Crippen LogP contribution in [0.25, 0.3) is 11.1 Å². The Bertz CT molecular complexity index is 542. The molecule has 0 bridgehead atoms. The Balaban J connectivity index is 2.17. The van der Waals surface area contributed by atoms with E-state index in [1.54, 1.807) is 0 Å². The third kappa shape index (κ3) is 1.71. The number of hydrogen-bond acceptors (Lipinski definition) is 2. The summed E-state index contributed by atoms with van der Waals surface area (Å²) in [5.74, 6) is 0.614. The summed E-state index contributed by atoms with van der Waals surface area (Å²) in [4.78, 5) is 0. The van der Waals surface area contributed by atoms with Gasteiger partial charge in [0.1, 0.15) is 0 Å². The van der Waals surface area contributed by atoms with E-state index < -0.39 is 0 Å². The number of anilines is 1. The van der Waals surface area contributed by atoms with Crippen molar-refractivity contribution in [3.63, 3.8) is 0 Å². The first-order valence-corrected chi connectivity index (χ1v) is 6.11. The maximum atomic E-state index is 4.26. The third-order valence-electron chi connectivity index (χ3n) is 3.51. The summed E-state index contributed by atoms with van der Waals surface area (Å²) >= 11 is 0. The molecule has 17 heavy (non-hydrogen) atoms. The van der Waals surface area contributed by atoms with Crippen molar-refractivity contribution in [3.8, 4) is 11.1 Å². The molecule has 1 atom stereocenters. The van der Waals surface area contributed by atoms with Gasteiger partial charge in [0.25, 0.3) is 0 Å². The largest absolute Gasteiger partial charge is 0.385 e. The van der Waals surface area contributed by atoms with E-state index in [1.165, 1.54) is 28.8 Å². The predicted molar refractivity (Wildman–Crippen MR) is 70.2 cm³/mol. The van der Waals surface area contributed by atoms with Gasteiger partial charge in [-0.25, -0.2) is 0 Å². The van der Waals surface area contributed by atoms with Crippen LogP contribution in [-0.4, -0.2) is 16.3 Å². The van der Waals surface area contributed by atoms with Gasteiger partial charge in [0.05, 0.1) is 6.20 Å². The predicted octanol–water partition coefficient (Wildman–Crippen LogP) is 3.01. The number of aryl methyl sites for hydroxylation is 1. The molecule has 0 aliphatic carbocycles. The van der Waals surface area contributed by atoms with Crippen LogP contribution in [-0.2, 0) is 7.05 Å². The van der Waals surface area contributed by atoms with E-state index in [0.29, 0.717) is 5.92 Å². The fourth-order valence-corrected chi connectivity index (χ4v) is 2.63. The van der Waals surface area contributed by atoms with Gasteiger partial charge in [0.2, 0.25) is 0 Å². The summed E-state index contributed by atoms with van der Waals surface area (Å²) in [5.41, 5.74) is 5.24. The van der Waals surface area contributed by atoms with Crippen LogP contribution in [0.5, 0.6) is 0 Å². The van der Waals surface area contributed by atoms with Crippen LogP contribution >= 0.6 is 0 Å². The van der Waals surface area contributed by atoms with Crippen LogP contribution in [0.1, 0.15) is 24.8 Å². The normalized spacial score (nSPS) is 18.6. The van der Waals surface area contributed by atoms with Gasteiger partial charge >= 0.3 is 0 Å². The van der Waals surface area contributed by atoms with E-state index in [0.717, 1.165) is 6.54 Å². The lowest BCUT2D eigenvalue weighted by atomic mass is 9.87. The minimum absolute atomic E-state index is 0.614. The van der Waals surface area contributed by atoms with E-state index in [-0.39, 0.29) is 0 Å². The van der Waals surface area contributed by atoms with Crippen molar-refractivity contribution in [2.45, 2.75) is 19.3 Å². The Morgan fingerprint density at radius 1 is 1.41 bits per heavy atom. The molecular weight excluding hydrogens is 210 g/mol. The molecule has 2 heterocycles. The topological polar surface area (TPSA) is 29.9 Å². The number of nitrogens with zero attached hydrogens (tertiary/aromatic N) is 2. The molecule has 0 amide bonds. The van der Waals surface area contributed by atoms with E-state index in [4.69, 9.17) is 0 Å². The highest BCUT2D eigenvalue weighted by Gasteiger charge is 2.20. The SMILES string of the molecule is CC1CCNc2cccc(-c3cnn(C)c3)c21. The molecule has 0 saturated carbocycles. The van der Waals surface area contributed by atoms with Gasteiger partial charge in [-0.2, -0.15) is 5.10 Å². The monoisotopic (exact) mass is 227 g/mol. The highest BCUT2D eigenvalue weighted by molar-refractivity contribution is 5.75. The Hall–Kier alpha value is -1.77. The van der Waals surface area contributed by atoms with Crippen LogP contribution in [0.3, 0.4) is 0 Å². The second kappa shape index (κ2) is 3.91. The van der Waals surface area contributed by atoms with Crippen LogP contribution in [0.15, 0.2) is 30.6 Å². The van der Waals surface area contributed by atoms with Crippen molar-refractivity contribution >= 4 is 5.69 Å². The van der Waals surface area contributed by atoms with E-state index in [9.17, 15) is 0 Å². The molecule has 1 aliphatic heterocycles. The molecule has 2 aromatic rings. The van der Waals surface area contributed by atoms with Gasteiger partial charge in [0, 0.05) is 31.0 Å². The molecule has 1 aromatic heterocycles. The number of aromatic nitrogens is 2. The summed E-state index contributed by atoms with van der Waals surface area (Å²) in [6.45, 7) is 3.38. The molecule has 1 N–H and O–H groups in total. The van der Waals surface area contributed by atoms with Gasteiger partial charge < -0.3 is 5.32 Å². The molecule has 0 radical (unpaired) electrons. The first kappa shape index (κ1) is 10.4. The Labute approximate surface area is 101 Å². The van der Waals surface area contributed by atoms with Crippen LogP contribution < -0.4 is 5.32 Å². The Morgan fingerprint density at radius 3 is 3.06 bits per heavy atom. The maximum Gasteiger partial charge on any atom is 0.0568 e. The summed E-state index contributed by atoms with van der Waals surface area (Å²) in [5, 5.41) is 7.75. The van der Waals surface area contributed by atoms with Crippen LogP contribution in [0.2, 0.25) is 0 Å². The maximum absolute atomic E-state index is 4.26. The number of fused-ring (bicyclic) bond motifs is 1. The lowest BCUT2D eigenvalue weighted by Crippen LogP contribution is -2.15. The number of nitrogens with one attached hydrogen (secondary N) is 1. The smallest absolute Gasteiger partial charge is 0.0568 e. The minimum atomic E-state index is 0.614. The first-order valence-electron chi connectivity index (χ1n) is 6.11. The van der Waals surface area contributed by atoms with Crippen LogP contribution in [0.4, 0.5) is 5.69 Å². The molecule has 0 spiro atoms. The fraction of sp³-hybridized carbons (Fsp3) is 0.357. The zero-order valence-corrected chi connectivity index (χ0v) is 10.3. The molecule has 3 rings (SSSR count). The Kier molecular flexibility index (Phi) is 2.39. The zero-order valence-electron chi connectivity index (χ0n) is 10.3. The van der Waals surface area contributed by atoms with E-state index in [1.807, 2.05) is 17.9 Å². The number of benzene rings is 1. The van der Waals surface area contributed by atoms with Crippen molar-refractivity contribution < 1.29 is 0 Å². The zero-order chi connectivity index (χ0) is 11.8. The molecule has 0 saturated heterocycles. The summed E-state index contributed by atoms with van der Waals surface area (Å²) in [6.07, 6.45) is 5.22. The van der Waals surface area contributed by atoms with Crippen LogP contribution in [0, 0.1) is 0 Å². The summed E-state index contributed by atoms with van der Waals surface area (Å²) in [6, 6.07) is 6.48. The second-order valence-electron chi connectivity index (χ2n) is 4.79. The summed E-state index contributed by atoms with van der Waals surface area (Å²) < 4.78 is 1.86. The highest BCUT2D eigenvalue weighted by atomic mass is 15.2. The van der Waals surface area contributed by atoms with Crippen molar-refractivity contribution in [2.75, 3.05) is 11.9 Å². The van der Waals surface area contributed by atoms with E-state index in [2.05, 4.69) is 41.7 Å². The average molecular weight is 227 g/mol. The van der Waals surface area contributed by atoms with Gasteiger partial charge in [-0.3, -0.25) is 4.68 Å². The molecule has 3 heteroatoms. The van der Waals surface area contributed by atoms with Crippen molar-refractivity contribution in [1.29, 1.82) is 0 Å². The fourth-order valence-electron chi connectivity index (χ4n) is 2.63. The standard InChI is InChI=1S/C14H17N3/c1-10-6-7-15-13-5-3-4-12(14(10)13)11-8-16-17(2)9-11/h3-5,8-10,15H,6-7H2,1-2H3. The van der Waals surface area contributed by atoms with E-state index >= 15 is 0 Å². The molecule has 1 aliphatic rings. The molecule has 88 valence electrons. The summed E-state index contributed by atoms with van der Waals surface area (Å²) in [7, 11) is 1.96. The Morgan fingerprint density at radius 2 is 2.29 bits per heavy atom. The quantitative estimate of drug-likeness (QED) is 0.811. The minimum Gasteiger partial charge on any atom is -0.385 e. The second-order valence-corrected chi connectivity index (χ2v) is 4.79. The molecular formula is C14H17N3. The molecule has 0 fully saturated rings. The van der Waals surface area contributed by atoms with Gasteiger partial charge in [-0.05, 0) is 29.5 Å². The average Bonchev–Trinajstić information content (AvgIpc) is 2.75. The number of rotatable bonds is 1. The van der Waals surface area contributed by atoms with Gasteiger partial charge in [0.15, 0.2) is 0 Å². The van der Waals surface area contributed by atoms with Crippen molar-refractivity contribution in [1.82, 2.24) is 9.78 Å². The number of hydrogen-bond donors (Lipinski definition) is 1. The first-order chi connectivity index (χ1) is 8.25. The lowest BCUT2D eigenvalue weighted by Gasteiger charge is -2.26. The molecule has 1 unspecified atom stereocenters. The molecule has 3 nitrogen and oxygen atoms in total. The van der Waals surface area contributed by atoms with Crippen molar-refractivity contribution in [3.05, 3.63) is 36.2 Å². The third-order valence-corrected chi connectivity index (χ3v) is 3.51. The molecule has 1 aromatic carbocycles. The van der Waals surface area contributed by atoms with Gasteiger partial charge in [-0.1, -0.05) is 19.1 Å². The lowest BCUT2D eigenvalue weighted by molar-refractivity contribution is 0.685. The van der Waals surface area contributed by atoms with Gasteiger partial charge in [-0.15, -0.1) is 0 Å².